The molecule has 2 atom stereocenters. The van der Waals surface area contributed by atoms with Crippen molar-refractivity contribution in [1.82, 2.24) is 4.98 Å². The van der Waals surface area contributed by atoms with Gasteiger partial charge in [0.15, 0.2) is 5.17 Å². The second-order valence-corrected chi connectivity index (χ2v) is 7.81. The monoisotopic (exact) mass is 386 g/mol. The SMILES string of the molecule is C[C@@]12N=C(N)SC[C@@H]1CCOc1ccc(NC(=O)c3ccc(F)cn3)cc12. The zero-order chi connectivity index (χ0) is 19.0. The minimum Gasteiger partial charge on any atom is -0.493 e. The molecule has 1 amide bonds. The summed E-state index contributed by atoms with van der Waals surface area (Å²) in [6.07, 6.45) is 1.90. The Morgan fingerprint density at radius 1 is 1.41 bits per heavy atom. The van der Waals surface area contributed by atoms with Crippen LogP contribution in [0.25, 0.3) is 0 Å². The third kappa shape index (κ3) is 3.37. The average Bonchev–Trinajstić information content (AvgIpc) is 2.78. The molecule has 0 saturated heterocycles. The molecule has 3 heterocycles. The van der Waals surface area contributed by atoms with Gasteiger partial charge in [-0.05, 0) is 43.7 Å². The Kier molecular flexibility index (Phi) is 4.51. The molecule has 0 saturated carbocycles. The van der Waals surface area contributed by atoms with Gasteiger partial charge in [-0.1, -0.05) is 11.8 Å². The van der Waals surface area contributed by atoms with Gasteiger partial charge in [0.1, 0.15) is 17.3 Å². The average molecular weight is 386 g/mol. The van der Waals surface area contributed by atoms with Crippen LogP contribution in [0.1, 0.15) is 29.4 Å². The number of aliphatic imine (C=N–C) groups is 1. The number of nitrogens with zero attached hydrogens (tertiary/aromatic N) is 2. The lowest BCUT2D eigenvalue weighted by molar-refractivity contribution is 0.102. The number of hydrogen-bond acceptors (Lipinski definition) is 6. The van der Waals surface area contributed by atoms with Crippen LogP contribution in [0.5, 0.6) is 5.75 Å². The standard InChI is InChI=1S/C19H19FN4O2S/c1-19-11(10-27-18(21)24-19)6-7-26-16-5-3-13(8-14(16)19)23-17(25)15-4-2-12(20)9-22-15/h2-5,8-9,11H,6-7,10H2,1H3,(H2,21,24)(H,23,25)/t11-,19+/m0/s1. The number of hydrogen-bond donors (Lipinski definition) is 2. The van der Waals surface area contributed by atoms with E-state index in [0.717, 1.165) is 29.7 Å². The molecule has 3 N–H and O–H groups in total. The number of amidine groups is 1. The molecule has 2 aliphatic heterocycles. The van der Waals surface area contributed by atoms with E-state index in [4.69, 9.17) is 15.5 Å². The molecule has 0 spiro atoms. The predicted molar refractivity (Wildman–Crippen MR) is 104 cm³/mol. The number of amides is 1. The Balaban J connectivity index is 1.68. The molecular weight excluding hydrogens is 367 g/mol. The van der Waals surface area contributed by atoms with E-state index in [2.05, 4.69) is 17.2 Å². The number of carbonyl (C=O) groups excluding carboxylic acids is 1. The number of rotatable bonds is 2. The van der Waals surface area contributed by atoms with E-state index >= 15 is 0 Å². The lowest BCUT2D eigenvalue weighted by atomic mass is 9.79. The number of carbonyl (C=O) groups is 1. The van der Waals surface area contributed by atoms with Crippen molar-refractivity contribution < 1.29 is 13.9 Å². The van der Waals surface area contributed by atoms with Crippen LogP contribution in [0.15, 0.2) is 41.5 Å². The summed E-state index contributed by atoms with van der Waals surface area (Å²) >= 11 is 1.56. The number of anilines is 1. The van der Waals surface area contributed by atoms with Gasteiger partial charge in [-0.2, -0.15) is 0 Å². The zero-order valence-corrected chi connectivity index (χ0v) is 15.6. The summed E-state index contributed by atoms with van der Waals surface area (Å²) in [7, 11) is 0. The summed E-state index contributed by atoms with van der Waals surface area (Å²) in [5.41, 5.74) is 7.14. The Bertz CT molecular complexity index is 918. The van der Waals surface area contributed by atoms with Gasteiger partial charge in [0, 0.05) is 22.9 Å². The molecule has 2 aliphatic rings. The highest BCUT2D eigenvalue weighted by molar-refractivity contribution is 8.13. The van der Waals surface area contributed by atoms with Crippen LogP contribution in [0.3, 0.4) is 0 Å². The number of fused-ring (bicyclic) bond motifs is 3. The summed E-state index contributed by atoms with van der Waals surface area (Å²) in [5, 5.41) is 3.37. The summed E-state index contributed by atoms with van der Waals surface area (Å²) in [6, 6.07) is 8.04. The van der Waals surface area contributed by atoms with Crippen molar-refractivity contribution in [3.05, 3.63) is 53.6 Å². The normalized spacial score (nSPS) is 23.9. The number of thioether (sulfide) groups is 1. The highest BCUT2D eigenvalue weighted by Crippen LogP contribution is 2.47. The van der Waals surface area contributed by atoms with E-state index in [1.165, 1.54) is 12.1 Å². The van der Waals surface area contributed by atoms with Gasteiger partial charge in [-0.15, -0.1) is 0 Å². The van der Waals surface area contributed by atoms with E-state index in [9.17, 15) is 9.18 Å². The van der Waals surface area contributed by atoms with Gasteiger partial charge >= 0.3 is 0 Å². The Morgan fingerprint density at radius 3 is 3.04 bits per heavy atom. The molecule has 0 radical (unpaired) electrons. The van der Waals surface area contributed by atoms with Crippen LogP contribution in [0, 0.1) is 11.7 Å². The smallest absolute Gasteiger partial charge is 0.274 e. The summed E-state index contributed by atoms with van der Waals surface area (Å²) in [4.78, 5) is 20.9. The first-order valence-electron chi connectivity index (χ1n) is 8.64. The minimum absolute atomic E-state index is 0.142. The molecule has 1 aromatic heterocycles. The number of benzene rings is 1. The van der Waals surface area contributed by atoms with E-state index < -0.39 is 17.3 Å². The highest BCUT2D eigenvalue weighted by Gasteiger charge is 2.42. The lowest BCUT2D eigenvalue weighted by Gasteiger charge is -2.36. The molecule has 0 fully saturated rings. The van der Waals surface area contributed by atoms with E-state index in [1.807, 2.05) is 12.1 Å². The highest BCUT2D eigenvalue weighted by atomic mass is 32.2. The third-order valence-electron chi connectivity index (χ3n) is 5.04. The molecule has 0 unspecified atom stereocenters. The Hall–Kier alpha value is -2.61. The van der Waals surface area contributed by atoms with Gasteiger partial charge in [0.2, 0.25) is 0 Å². The van der Waals surface area contributed by atoms with Crippen LogP contribution >= 0.6 is 11.8 Å². The summed E-state index contributed by atoms with van der Waals surface area (Å²) in [5.74, 6) is 1.03. The van der Waals surface area contributed by atoms with Gasteiger partial charge in [-0.3, -0.25) is 9.79 Å². The summed E-state index contributed by atoms with van der Waals surface area (Å²) in [6.45, 7) is 2.68. The number of halogens is 1. The van der Waals surface area contributed by atoms with Crippen LogP contribution in [-0.2, 0) is 5.54 Å². The van der Waals surface area contributed by atoms with Crippen LogP contribution in [0.2, 0.25) is 0 Å². The fourth-order valence-corrected chi connectivity index (χ4v) is 4.61. The van der Waals surface area contributed by atoms with Gasteiger partial charge in [-0.25, -0.2) is 9.37 Å². The van der Waals surface area contributed by atoms with Crippen molar-refractivity contribution in [2.75, 3.05) is 17.7 Å². The maximum atomic E-state index is 13.0. The fraction of sp³-hybridized carbons (Fsp3) is 0.316. The number of nitrogens with one attached hydrogen (secondary N) is 1. The van der Waals surface area contributed by atoms with E-state index in [1.54, 1.807) is 17.8 Å². The quantitative estimate of drug-likeness (QED) is 0.828. The fourth-order valence-electron chi connectivity index (χ4n) is 3.49. The van der Waals surface area contributed by atoms with Crippen LogP contribution < -0.4 is 15.8 Å². The first-order valence-corrected chi connectivity index (χ1v) is 9.62. The third-order valence-corrected chi connectivity index (χ3v) is 5.99. The second-order valence-electron chi connectivity index (χ2n) is 6.77. The van der Waals surface area contributed by atoms with Crippen molar-refractivity contribution in [3.8, 4) is 5.75 Å². The maximum Gasteiger partial charge on any atom is 0.274 e. The van der Waals surface area contributed by atoms with Gasteiger partial charge in [0.25, 0.3) is 5.91 Å². The zero-order valence-electron chi connectivity index (χ0n) is 14.7. The molecule has 2 aromatic rings. The van der Waals surface area contributed by atoms with Crippen molar-refractivity contribution in [1.29, 1.82) is 0 Å². The van der Waals surface area contributed by atoms with Crippen LogP contribution in [0.4, 0.5) is 10.1 Å². The molecular formula is C19H19FN4O2S. The van der Waals surface area contributed by atoms with E-state index in [-0.39, 0.29) is 5.69 Å². The van der Waals surface area contributed by atoms with Gasteiger partial charge in [0.05, 0.1) is 18.3 Å². The molecule has 27 heavy (non-hydrogen) atoms. The molecule has 1 aromatic carbocycles. The largest absolute Gasteiger partial charge is 0.493 e. The number of aromatic nitrogens is 1. The maximum absolute atomic E-state index is 13.0. The minimum atomic E-state index is -0.504. The number of pyridine rings is 1. The summed E-state index contributed by atoms with van der Waals surface area (Å²) < 4.78 is 18.9. The van der Waals surface area contributed by atoms with E-state index in [0.29, 0.717) is 23.4 Å². The number of ether oxygens (including phenoxy) is 1. The van der Waals surface area contributed by atoms with Crippen molar-refractivity contribution in [2.24, 2.45) is 16.6 Å². The molecule has 140 valence electrons. The topological polar surface area (TPSA) is 89.6 Å². The van der Waals surface area contributed by atoms with Crippen molar-refractivity contribution in [2.45, 2.75) is 18.9 Å². The predicted octanol–water partition coefficient (Wildman–Crippen LogP) is 3.15. The first kappa shape index (κ1) is 17.8. The molecule has 8 heteroatoms. The van der Waals surface area contributed by atoms with Crippen LogP contribution in [-0.4, -0.2) is 28.4 Å². The molecule has 6 nitrogen and oxygen atoms in total. The van der Waals surface area contributed by atoms with Gasteiger partial charge < -0.3 is 15.8 Å². The second kappa shape index (κ2) is 6.84. The Labute approximate surface area is 160 Å². The lowest BCUT2D eigenvalue weighted by Crippen LogP contribution is -2.37. The first-order chi connectivity index (χ1) is 13.0. The molecule has 0 aliphatic carbocycles. The number of nitrogens with two attached hydrogens (primary N) is 1. The molecule has 0 bridgehead atoms. The van der Waals surface area contributed by atoms with Crippen molar-refractivity contribution >= 4 is 28.5 Å². The van der Waals surface area contributed by atoms with Crippen molar-refractivity contribution in [3.63, 3.8) is 0 Å². The Morgan fingerprint density at radius 2 is 2.26 bits per heavy atom. The molecule has 4 rings (SSSR count).